The number of rotatable bonds is 6. The molecule has 7 heteroatoms. The molecule has 0 unspecified atom stereocenters. The van der Waals surface area contributed by atoms with Crippen molar-refractivity contribution in [2.75, 3.05) is 11.9 Å². The van der Waals surface area contributed by atoms with Crippen LogP contribution in [0.15, 0.2) is 24.3 Å². The fourth-order valence-corrected chi connectivity index (χ4v) is 1.68. The molecule has 1 heterocycles. The third-order valence-electron chi connectivity index (χ3n) is 2.46. The average molecular weight is 295 g/mol. The van der Waals surface area contributed by atoms with Crippen LogP contribution in [0.3, 0.4) is 0 Å². The van der Waals surface area contributed by atoms with E-state index in [1.54, 1.807) is 18.2 Å². The summed E-state index contributed by atoms with van der Waals surface area (Å²) >= 11 is 5.84. The Morgan fingerprint density at radius 1 is 1.25 bits per heavy atom. The third kappa shape index (κ3) is 3.79. The summed E-state index contributed by atoms with van der Waals surface area (Å²) in [6.45, 7) is 2.63. The second-order valence-corrected chi connectivity index (χ2v) is 4.34. The highest BCUT2D eigenvalue weighted by Crippen LogP contribution is 2.23. The first-order chi connectivity index (χ1) is 9.72. The molecule has 0 atom stereocenters. The molecule has 0 aliphatic rings. The van der Waals surface area contributed by atoms with Gasteiger partial charge >= 0.3 is 6.01 Å². The standard InChI is InChI=1S/C13H15ClN4O2/c1-2-7-15-12-16-11(14)17-13(18-12)20-10-6-4-3-5-9(10)8-19/h3-6,19H,2,7-8H2,1H3,(H,15,16,17,18). The molecule has 0 saturated heterocycles. The molecule has 0 spiro atoms. The highest BCUT2D eigenvalue weighted by Gasteiger charge is 2.09. The van der Waals surface area contributed by atoms with Gasteiger partial charge in [-0.3, -0.25) is 0 Å². The normalized spacial score (nSPS) is 10.3. The predicted octanol–water partition coefficient (Wildman–Crippen LogP) is 2.63. The van der Waals surface area contributed by atoms with Crippen LogP contribution < -0.4 is 10.1 Å². The molecule has 1 aromatic heterocycles. The van der Waals surface area contributed by atoms with Crippen LogP contribution in [0.25, 0.3) is 0 Å². The largest absolute Gasteiger partial charge is 0.424 e. The molecule has 6 nitrogen and oxygen atoms in total. The van der Waals surface area contributed by atoms with Crippen LogP contribution in [0, 0.1) is 0 Å². The number of benzene rings is 1. The van der Waals surface area contributed by atoms with Crippen LogP contribution in [-0.2, 0) is 6.61 Å². The fraction of sp³-hybridized carbons (Fsp3) is 0.308. The minimum Gasteiger partial charge on any atom is -0.424 e. The first kappa shape index (κ1) is 14.5. The number of aliphatic hydroxyl groups excluding tert-OH is 1. The smallest absolute Gasteiger partial charge is 0.328 e. The van der Waals surface area contributed by atoms with Gasteiger partial charge in [0, 0.05) is 12.1 Å². The molecule has 0 aliphatic carbocycles. The minimum absolute atomic E-state index is 0.0510. The van der Waals surface area contributed by atoms with Crippen molar-refractivity contribution in [3.05, 3.63) is 35.1 Å². The van der Waals surface area contributed by atoms with Crippen molar-refractivity contribution in [2.45, 2.75) is 20.0 Å². The Labute approximate surface area is 121 Å². The predicted molar refractivity (Wildman–Crippen MR) is 76.1 cm³/mol. The molecule has 0 bridgehead atoms. The third-order valence-corrected chi connectivity index (χ3v) is 2.63. The van der Waals surface area contributed by atoms with Crippen molar-refractivity contribution in [3.63, 3.8) is 0 Å². The van der Waals surface area contributed by atoms with E-state index in [4.69, 9.17) is 16.3 Å². The van der Waals surface area contributed by atoms with Gasteiger partial charge in [0.2, 0.25) is 11.2 Å². The summed E-state index contributed by atoms with van der Waals surface area (Å²) in [5.74, 6) is 0.849. The maximum absolute atomic E-state index is 9.25. The van der Waals surface area contributed by atoms with Crippen LogP contribution in [0.5, 0.6) is 11.8 Å². The minimum atomic E-state index is -0.129. The van der Waals surface area contributed by atoms with Crippen molar-refractivity contribution in [1.29, 1.82) is 0 Å². The van der Waals surface area contributed by atoms with Crippen LogP contribution in [0.4, 0.5) is 5.95 Å². The van der Waals surface area contributed by atoms with E-state index in [1.165, 1.54) is 0 Å². The quantitative estimate of drug-likeness (QED) is 0.852. The molecule has 0 amide bonds. The van der Waals surface area contributed by atoms with E-state index in [9.17, 15) is 5.11 Å². The zero-order valence-corrected chi connectivity index (χ0v) is 11.8. The molecule has 2 rings (SSSR count). The van der Waals surface area contributed by atoms with Crippen LogP contribution in [0.2, 0.25) is 5.28 Å². The summed E-state index contributed by atoms with van der Waals surface area (Å²) in [6.07, 6.45) is 0.937. The summed E-state index contributed by atoms with van der Waals surface area (Å²) in [5.41, 5.74) is 0.645. The first-order valence-corrected chi connectivity index (χ1v) is 6.62. The molecule has 1 aromatic carbocycles. The van der Waals surface area contributed by atoms with Crippen LogP contribution in [0.1, 0.15) is 18.9 Å². The lowest BCUT2D eigenvalue weighted by atomic mass is 10.2. The highest BCUT2D eigenvalue weighted by atomic mass is 35.5. The fourth-order valence-electron chi connectivity index (χ4n) is 1.53. The summed E-state index contributed by atoms with van der Waals surface area (Å²) in [5, 5.41) is 12.3. The number of anilines is 1. The number of hydrogen-bond acceptors (Lipinski definition) is 6. The summed E-state index contributed by atoms with van der Waals surface area (Å²) in [7, 11) is 0. The molecular formula is C13H15ClN4O2. The zero-order chi connectivity index (χ0) is 14.4. The van der Waals surface area contributed by atoms with Gasteiger partial charge in [0.05, 0.1) is 6.61 Å². The summed E-state index contributed by atoms with van der Waals surface area (Å²) in [4.78, 5) is 12.0. The number of para-hydroxylation sites is 1. The van der Waals surface area contributed by atoms with Gasteiger partial charge in [-0.2, -0.15) is 15.0 Å². The lowest BCUT2D eigenvalue weighted by Crippen LogP contribution is -2.06. The van der Waals surface area contributed by atoms with E-state index in [0.29, 0.717) is 17.3 Å². The van der Waals surface area contributed by atoms with Gasteiger partial charge in [-0.05, 0) is 24.1 Å². The van der Waals surface area contributed by atoms with E-state index in [-0.39, 0.29) is 17.9 Å². The van der Waals surface area contributed by atoms with Gasteiger partial charge in [0.15, 0.2) is 0 Å². The van der Waals surface area contributed by atoms with Crippen LogP contribution in [-0.4, -0.2) is 26.6 Å². The molecule has 2 N–H and O–H groups in total. The van der Waals surface area contributed by atoms with E-state index in [0.717, 1.165) is 13.0 Å². The lowest BCUT2D eigenvalue weighted by Gasteiger charge is -2.09. The SMILES string of the molecule is CCCNc1nc(Cl)nc(Oc2ccccc2CO)n1. The van der Waals surface area contributed by atoms with Crippen molar-refractivity contribution >= 4 is 17.5 Å². The van der Waals surface area contributed by atoms with Crippen molar-refractivity contribution in [3.8, 4) is 11.8 Å². The first-order valence-electron chi connectivity index (χ1n) is 6.25. The van der Waals surface area contributed by atoms with Crippen molar-refractivity contribution in [2.24, 2.45) is 0 Å². The van der Waals surface area contributed by atoms with Gasteiger partial charge in [-0.25, -0.2) is 0 Å². The van der Waals surface area contributed by atoms with E-state index < -0.39 is 0 Å². The van der Waals surface area contributed by atoms with Crippen molar-refractivity contribution in [1.82, 2.24) is 15.0 Å². The van der Waals surface area contributed by atoms with E-state index >= 15 is 0 Å². The highest BCUT2D eigenvalue weighted by molar-refractivity contribution is 6.28. The van der Waals surface area contributed by atoms with Gasteiger partial charge in [0.25, 0.3) is 0 Å². The Bertz CT molecular complexity index is 580. The Balaban J connectivity index is 2.22. The molecule has 2 aromatic rings. The summed E-state index contributed by atoms with van der Waals surface area (Å²) in [6, 6.07) is 7.18. The van der Waals surface area contributed by atoms with Gasteiger partial charge < -0.3 is 15.2 Å². The number of aliphatic hydroxyl groups is 1. The zero-order valence-electron chi connectivity index (χ0n) is 11.0. The number of hydrogen-bond donors (Lipinski definition) is 2. The average Bonchev–Trinajstić information content (AvgIpc) is 2.45. The van der Waals surface area contributed by atoms with Gasteiger partial charge in [0.1, 0.15) is 5.75 Å². The second kappa shape index (κ2) is 7.02. The Hall–Kier alpha value is -1.92. The number of halogens is 1. The molecule has 0 saturated carbocycles. The number of nitrogens with one attached hydrogen (secondary N) is 1. The van der Waals surface area contributed by atoms with Gasteiger partial charge in [-0.15, -0.1) is 0 Å². The second-order valence-electron chi connectivity index (χ2n) is 4.01. The molecular weight excluding hydrogens is 280 g/mol. The molecule has 0 aliphatic heterocycles. The maximum atomic E-state index is 9.25. The number of aromatic nitrogens is 3. The molecule has 20 heavy (non-hydrogen) atoms. The van der Waals surface area contributed by atoms with E-state index in [2.05, 4.69) is 20.3 Å². The summed E-state index contributed by atoms with van der Waals surface area (Å²) < 4.78 is 5.56. The Morgan fingerprint density at radius 3 is 2.80 bits per heavy atom. The van der Waals surface area contributed by atoms with E-state index in [1.807, 2.05) is 13.0 Å². The molecule has 0 fully saturated rings. The Morgan fingerprint density at radius 2 is 2.05 bits per heavy atom. The maximum Gasteiger partial charge on any atom is 0.328 e. The Kier molecular flexibility index (Phi) is 5.09. The topological polar surface area (TPSA) is 80.2 Å². The molecule has 0 radical (unpaired) electrons. The monoisotopic (exact) mass is 294 g/mol. The van der Waals surface area contributed by atoms with Crippen LogP contribution >= 0.6 is 11.6 Å². The van der Waals surface area contributed by atoms with Gasteiger partial charge in [-0.1, -0.05) is 25.1 Å². The number of nitrogens with zero attached hydrogens (tertiary/aromatic N) is 3. The van der Waals surface area contributed by atoms with Crippen molar-refractivity contribution < 1.29 is 9.84 Å². The number of ether oxygens (including phenoxy) is 1. The molecule has 106 valence electrons. The lowest BCUT2D eigenvalue weighted by molar-refractivity contribution is 0.275.